The van der Waals surface area contributed by atoms with Crippen molar-refractivity contribution in [3.63, 3.8) is 0 Å². The Labute approximate surface area is 107 Å². The second kappa shape index (κ2) is 4.53. The van der Waals surface area contributed by atoms with E-state index in [0.29, 0.717) is 16.2 Å². The van der Waals surface area contributed by atoms with Gasteiger partial charge in [-0.05, 0) is 27.6 Å². The molecule has 2 aromatic rings. The molecular weight excluding hydrogens is 291 g/mol. The van der Waals surface area contributed by atoms with Gasteiger partial charge >= 0.3 is 0 Å². The van der Waals surface area contributed by atoms with Crippen molar-refractivity contribution in [1.29, 1.82) is 0 Å². The molecule has 2 N–H and O–H groups in total. The zero-order valence-corrected chi connectivity index (χ0v) is 11.0. The van der Waals surface area contributed by atoms with Gasteiger partial charge < -0.3 is 5.73 Å². The van der Waals surface area contributed by atoms with Gasteiger partial charge in [0.2, 0.25) is 0 Å². The Morgan fingerprint density at radius 2 is 2.25 bits per heavy atom. The Morgan fingerprint density at radius 1 is 1.50 bits per heavy atom. The topological polar surface area (TPSA) is 56.7 Å². The zero-order chi connectivity index (χ0) is 11.7. The average Bonchev–Trinajstić information content (AvgIpc) is 2.59. The molecule has 0 spiro atoms. The number of hydrogen-bond donors (Lipinski definition) is 1. The summed E-state index contributed by atoms with van der Waals surface area (Å²) in [5, 5.41) is 8.48. The van der Waals surface area contributed by atoms with Gasteiger partial charge in [0.15, 0.2) is 4.60 Å². The van der Waals surface area contributed by atoms with E-state index in [4.69, 9.17) is 17.3 Å². The van der Waals surface area contributed by atoms with E-state index >= 15 is 0 Å². The summed E-state index contributed by atoms with van der Waals surface area (Å²) in [5.41, 5.74) is 8.29. The van der Waals surface area contributed by atoms with E-state index in [1.54, 1.807) is 4.68 Å². The molecule has 0 radical (unpaired) electrons. The van der Waals surface area contributed by atoms with Gasteiger partial charge in [0.1, 0.15) is 5.69 Å². The maximum Gasteiger partial charge on any atom is 0.156 e. The molecule has 2 rings (SSSR count). The van der Waals surface area contributed by atoms with Crippen molar-refractivity contribution in [2.45, 2.75) is 6.54 Å². The first-order valence-electron chi connectivity index (χ1n) is 4.67. The first kappa shape index (κ1) is 11.6. The Balaban J connectivity index is 2.57. The molecule has 0 saturated carbocycles. The van der Waals surface area contributed by atoms with E-state index in [-0.39, 0.29) is 0 Å². The van der Waals surface area contributed by atoms with Crippen LogP contribution in [0, 0.1) is 0 Å². The van der Waals surface area contributed by atoms with Crippen LogP contribution in [0.15, 0.2) is 22.8 Å². The first-order chi connectivity index (χ1) is 7.63. The van der Waals surface area contributed by atoms with Gasteiger partial charge in [-0.3, -0.25) is 0 Å². The van der Waals surface area contributed by atoms with Crippen molar-refractivity contribution >= 4 is 27.5 Å². The van der Waals surface area contributed by atoms with Crippen LogP contribution < -0.4 is 5.73 Å². The number of aryl methyl sites for hydroxylation is 1. The molecule has 0 unspecified atom stereocenters. The van der Waals surface area contributed by atoms with Crippen LogP contribution >= 0.6 is 27.5 Å². The Morgan fingerprint density at radius 3 is 2.75 bits per heavy atom. The maximum atomic E-state index is 6.20. The Kier molecular flexibility index (Phi) is 3.28. The van der Waals surface area contributed by atoms with Crippen LogP contribution in [0.3, 0.4) is 0 Å². The largest absolute Gasteiger partial charge is 0.326 e. The molecule has 6 heteroatoms. The summed E-state index contributed by atoms with van der Waals surface area (Å²) in [6, 6.07) is 5.73. The Bertz CT molecular complexity index is 504. The highest BCUT2D eigenvalue weighted by Crippen LogP contribution is 2.32. The standard InChI is InChI=1S/C10H10BrClN4/c1-16-9(10(11)14-15-16)7-3-2-6(5-13)4-8(7)12/h2-4H,5,13H2,1H3. The fourth-order valence-corrected chi connectivity index (χ4v) is 2.33. The van der Waals surface area contributed by atoms with Crippen LogP contribution in [0.25, 0.3) is 11.3 Å². The summed E-state index contributed by atoms with van der Waals surface area (Å²) in [4.78, 5) is 0. The van der Waals surface area contributed by atoms with Crippen molar-refractivity contribution in [2.24, 2.45) is 12.8 Å². The van der Waals surface area contributed by atoms with E-state index in [0.717, 1.165) is 16.8 Å². The van der Waals surface area contributed by atoms with Crippen LogP contribution in [0.5, 0.6) is 0 Å². The van der Waals surface area contributed by atoms with Gasteiger partial charge in [-0.1, -0.05) is 28.9 Å². The van der Waals surface area contributed by atoms with Crippen molar-refractivity contribution in [1.82, 2.24) is 15.0 Å². The van der Waals surface area contributed by atoms with E-state index in [1.807, 2.05) is 25.2 Å². The molecule has 0 aliphatic carbocycles. The monoisotopic (exact) mass is 300 g/mol. The molecule has 1 aromatic carbocycles. The predicted octanol–water partition coefficient (Wildman–Crippen LogP) is 2.36. The minimum Gasteiger partial charge on any atom is -0.326 e. The minimum absolute atomic E-state index is 0.477. The molecule has 0 saturated heterocycles. The highest BCUT2D eigenvalue weighted by Gasteiger charge is 2.13. The summed E-state index contributed by atoms with van der Waals surface area (Å²) in [5.74, 6) is 0. The minimum atomic E-state index is 0.477. The lowest BCUT2D eigenvalue weighted by molar-refractivity contribution is 0.720. The van der Waals surface area contributed by atoms with Gasteiger partial charge in [0.05, 0.1) is 5.02 Å². The molecule has 0 aliphatic rings. The summed E-state index contributed by atoms with van der Waals surface area (Å²) in [6.07, 6.45) is 0. The van der Waals surface area contributed by atoms with E-state index < -0.39 is 0 Å². The van der Waals surface area contributed by atoms with Gasteiger partial charge in [-0.25, -0.2) is 4.68 Å². The molecule has 4 nitrogen and oxygen atoms in total. The molecule has 0 fully saturated rings. The van der Waals surface area contributed by atoms with Crippen LogP contribution in [0.1, 0.15) is 5.56 Å². The summed E-state index contributed by atoms with van der Waals surface area (Å²) in [7, 11) is 1.82. The summed E-state index contributed by atoms with van der Waals surface area (Å²) in [6.45, 7) is 0.477. The second-order valence-corrected chi connectivity index (χ2v) is 4.53. The molecule has 1 heterocycles. The van der Waals surface area contributed by atoms with Crippen LogP contribution in [0.4, 0.5) is 0 Å². The second-order valence-electron chi connectivity index (χ2n) is 3.37. The third-order valence-electron chi connectivity index (χ3n) is 2.31. The van der Waals surface area contributed by atoms with E-state index in [2.05, 4.69) is 26.2 Å². The van der Waals surface area contributed by atoms with Crippen molar-refractivity contribution in [3.05, 3.63) is 33.4 Å². The van der Waals surface area contributed by atoms with Crippen molar-refractivity contribution in [2.75, 3.05) is 0 Å². The zero-order valence-electron chi connectivity index (χ0n) is 8.61. The molecule has 0 amide bonds. The number of benzene rings is 1. The summed E-state index contributed by atoms with van der Waals surface area (Å²) >= 11 is 9.54. The van der Waals surface area contributed by atoms with Crippen LogP contribution in [-0.4, -0.2) is 15.0 Å². The SMILES string of the molecule is Cn1nnc(Br)c1-c1ccc(CN)cc1Cl. The Hall–Kier alpha value is -0.910. The van der Waals surface area contributed by atoms with Crippen LogP contribution in [-0.2, 0) is 13.6 Å². The van der Waals surface area contributed by atoms with Gasteiger partial charge in [-0.15, -0.1) is 5.10 Å². The van der Waals surface area contributed by atoms with Crippen LogP contribution in [0.2, 0.25) is 5.02 Å². The van der Waals surface area contributed by atoms with E-state index in [1.165, 1.54) is 0 Å². The summed E-state index contributed by atoms with van der Waals surface area (Å²) < 4.78 is 2.35. The number of nitrogens with zero attached hydrogens (tertiary/aromatic N) is 3. The average molecular weight is 302 g/mol. The first-order valence-corrected chi connectivity index (χ1v) is 5.84. The fourth-order valence-electron chi connectivity index (χ4n) is 1.50. The third kappa shape index (κ3) is 1.98. The molecule has 16 heavy (non-hydrogen) atoms. The highest BCUT2D eigenvalue weighted by atomic mass is 79.9. The third-order valence-corrected chi connectivity index (χ3v) is 3.16. The lowest BCUT2D eigenvalue weighted by Gasteiger charge is -2.06. The van der Waals surface area contributed by atoms with Crippen molar-refractivity contribution in [3.8, 4) is 11.3 Å². The lowest BCUT2D eigenvalue weighted by atomic mass is 10.1. The fraction of sp³-hybridized carbons (Fsp3) is 0.200. The van der Waals surface area contributed by atoms with Gasteiger partial charge in [0, 0.05) is 19.2 Å². The van der Waals surface area contributed by atoms with Gasteiger partial charge in [0.25, 0.3) is 0 Å². The molecule has 0 aliphatic heterocycles. The highest BCUT2D eigenvalue weighted by molar-refractivity contribution is 9.10. The molecule has 0 bridgehead atoms. The molecule has 84 valence electrons. The smallest absolute Gasteiger partial charge is 0.156 e. The number of nitrogens with two attached hydrogens (primary N) is 1. The quantitative estimate of drug-likeness (QED) is 0.926. The van der Waals surface area contributed by atoms with E-state index in [9.17, 15) is 0 Å². The normalized spacial score (nSPS) is 10.8. The lowest BCUT2D eigenvalue weighted by Crippen LogP contribution is -1.98. The molecular formula is C10H10BrClN4. The van der Waals surface area contributed by atoms with Gasteiger partial charge in [-0.2, -0.15) is 0 Å². The predicted molar refractivity (Wildman–Crippen MR) is 67.0 cm³/mol. The maximum absolute atomic E-state index is 6.20. The number of halogens is 2. The molecule has 1 aromatic heterocycles. The molecule has 0 atom stereocenters. The number of rotatable bonds is 2. The van der Waals surface area contributed by atoms with Crippen molar-refractivity contribution < 1.29 is 0 Å². The number of hydrogen-bond acceptors (Lipinski definition) is 3. The number of aromatic nitrogens is 3.